The molecular formula is C15H22O5. The Balaban J connectivity index is 2.00. The lowest BCUT2D eigenvalue weighted by atomic mass is 9.64. The third kappa shape index (κ3) is 1.79. The molecule has 1 spiro atoms. The molecule has 0 N–H and O–H groups in total. The molecule has 4 rings (SSSR count). The summed E-state index contributed by atoms with van der Waals surface area (Å²) in [7, 11) is 0. The summed E-state index contributed by atoms with van der Waals surface area (Å²) in [5.74, 6) is -0.925. The summed E-state index contributed by atoms with van der Waals surface area (Å²) in [4.78, 5) is 25.2. The predicted molar refractivity (Wildman–Crippen MR) is 69.7 cm³/mol. The van der Waals surface area contributed by atoms with E-state index in [0.29, 0.717) is 12.8 Å². The summed E-state index contributed by atoms with van der Waals surface area (Å²) in [6.45, 7) is 5.43. The molecule has 1 aliphatic carbocycles. The van der Waals surface area contributed by atoms with Crippen molar-refractivity contribution in [3.05, 3.63) is 0 Å². The highest BCUT2D eigenvalue weighted by Crippen LogP contribution is 2.58. The van der Waals surface area contributed by atoms with Crippen molar-refractivity contribution < 1.29 is 23.8 Å². The molecule has 3 heterocycles. The fourth-order valence-corrected chi connectivity index (χ4v) is 3.79. The quantitative estimate of drug-likeness (QED) is 0.545. The smallest absolute Gasteiger partial charge is 0.328 e. The lowest BCUT2D eigenvalue weighted by molar-refractivity contribution is -0.314. The van der Waals surface area contributed by atoms with E-state index >= 15 is 0 Å². The van der Waals surface area contributed by atoms with Crippen LogP contribution in [0.5, 0.6) is 0 Å². The minimum absolute atomic E-state index is 0.448. The molecule has 4 fully saturated rings. The van der Waals surface area contributed by atoms with Gasteiger partial charge in [-0.25, -0.2) is 0 Å². The number of carbonyl (C=O) groups is 2. The van der Waals surface area contributed by atoms with Crippen LogP contribution < -0.4 is 0 Å². The molecule has 2 atom stereocenters. The van der Waals surface area contributed by atoms with E-state index in [4.69, 9.17) is 14.2 Å². The Morgan fingerprint density at radius 1 is 1.25 bits per heavy atom. The van der Waals surface area contributed by atoms with Crippen LogP contribution in [0.4, 0.5) is 0 Å². The zero-order chi connectivity index (χ0) is 14.6. The lowest BCUT2D eigenvalue weighted by Gasteiger charge is -2.54. The fourth-order valence-electron chi connectivity index (χ4n) is 3.79. The van der Waals surface area contributed by atoms with Crippen molar-refractivity contribution in [1.29, 1.82) is 0 Å². The standard InChI is InChI=1S/C15H22O5/c1-13(2,3)20-12(17)15-9-6-10(18-11(15)16)19-14(15)7-4-5-8-14/h10H,4-9H2,1-3H3/t10-,15+/m0/s1. The number of esters is 2. The maximum absolute atomic E-state index is 12.8. The zero-order valence-electron chi connectivity index (χ0n) is 12.4. The summed E-state index contributed by atoms with van der Waals surface area (Å²) in [6.07, 6.45) is 3.99. The maximum atomic E-state index is 12.8. The van der Waals surface area contributed by atoms with Crippen molar-refractivity contribution >= 4 is 11.9 Å². The Kier molecular flexibility index (Phi) is 2.91. The monoisotopic (exact) mass is 282 g/mol. The molecule has 5 nitrogen and oxygen atoms in total. The van der Waals surface area contributed by atoms with E-state index in [0.717, 1.165) is 25.7 Å². The first-order valence-corrected chi connectivity index (χ1v) is 7.42. The van der Waals surface area contributed by atoms with E-state index in [2.05, 4.69) is 0 Å². The van der Waals surface area contributed by atoms with Gasteiger partial charge in [0.15, 0.2) is 5.41 Å². The number of fused-ring (bicyclic) bond motifs is 2. The molecule has 5 heteroatoms. The molecule has 0 unspecified atom stereocenters. The van der Waals surface area contributed by atoms with E-state index in [1.807, 2.05) is 20.8 Å². The number of hydrogen-bond donors (Lipinski definition) is 0. The van der Waals surface area contributed by atoms with Crippen molar-refractivity contribution in [2.24, 2.45) is 5.41 Å². The first kappa shape index (κ1) is 13.9. The molecule has 0 radical (unpaired) electrons. The topological polar surface area (TPSA) is 61.8 Å². The van der Waals surface area contributed by atoms with Gasteiger partial charge in [0.05, 0.1) is 5.60 Å². The summed E-state index contributed by atoms with van der Waals surface area (Å²) >= 11 is 0. The number of hydrogen-bond acceptors (Lipinski definition) is 5. The second kappa shape index (κ2) is 4.20. The van der Waals surface area contributed by atoms with Crippen molar-refractivity contribution in [2.45, 2.75) is 76.8 Å². The molecule has 0 aromatic rings. The van der Waals surface area contributed by atoms with Gasteiger partial charge in [0.25, 0.3) is 0 Å². The predicted octanol–water partition coefficient (Wildman–Crippen LogP) is 2.32. The van der Waals surface area contributed by atoms with Crippen LogP contribution in [0.25, 0.3) is 0 Å². The van der Waals surface area contributed by atoms with E-state index < -0.39 is 34.8 Å². The summed E-state index contributed by atoms with van der Waals surface area (Å²) < 4.78 is 16.8. The lowest BCUT2D eigenvalue weighted by Crippen LogP contribution is -2.68. The van der Waals surface area contributed by atoms with Crippen LogP contribution in [-0.2, 0) is 23.8 Å². The van der Waals surface area contributed by atoms with Gasteiger partial charge in [-0.3, -0.25) is 9.59 Å². The van der Waals surface area contributed by atoms with E-state index in [1.165, 1.54) is 0 Å². The van der Waals surface area contributed by atoms with Gasteiger partial charge in [-0.1, -0.05) is 12.8 Å². The molecule has 0 aromatic heterocycles. The Labute approximate surface area is 118 Å². The largest absolute Gasteiger partial charge is 0.459 e. The minimum Gasteiger partial charge on any atom is -0.459 e. The Morgan fingerprint density at radius 2 is 1.90 bits per heavy atom. The summed E-state index contributed by atoms with van der Waals surface area (Å²) in [5.41, 5.74) is -2.58. The van der Waals surface area contributed by atoms with Gasteiger partial charge in [0, 0.05) is 6.42 Å². The minimum atomic E-state index is -1.26. The van der Waals surface area contributed by atoms with Crippen molar-refractivity contribution in [3.8, 4) is 0 Å². The third-order valence-corrected chi connectivity index (χ3v) is 4.64. The first-order valence-electron chi connectivity index (χ1n) is 7.42. The first-order chi connectivity index (χ1) is 9.29. The molecular weight excluding hydrogens is 260 g/mol. The Bertz CT molecular complexity index is 444. The maximum Gasteiger partial charge on any atom is 0.328 e. The van der Waals surface area contributed by atoms with Crippen LogP contribution in [0, 0.1) is 5.41 Å². The number of carbonyl (C=O) groups excluding carboxylic acids is 2. The second-order valence-corrected chi connectivity index (χ2v) is 7.10. The van der Waals surface area contributed by atoms with Crippen LogP contribution >= 0.6 is 0 Å². The van der Waals surface area contributed by atoms with Crippen LogP contribution in [0.3, 0.4) is 0 Å². The molecule has 3 aliphatic heterocycles. The van der Waals surface area contributed by atoms with E-state index in [9.17, 15) is 9.59 Å². The van der Waals surface area contributed by atoms with Crippen LogP contribution in [0.2, 0.25) is 0 Å². The zero-order valence-corrected chi connectivity index (χ0v) is 12.4. The van der Waals surface area contributed by atoms with Gasteiger partial charge in [0.1, 0.15) is 5.60 Å². The second-order valence-electron chi connectivity index (χ2n) is 7.10. The van der Waals surface area contributed by atoms with Crippen LogP contribution in [-0.4, -0.2) is 29.4 Å². The third-order valence-electron chi connectivity index (χ3n) is 4.64. The Hall–Kier alpha value is -1.10. The molecule has 0 aromatic carbocycles. The normalized spacial score (nSPS) is 35.1. The Morgan fingerprint density at radius 3 is 2.45 bits per heavy atom. The SMILES string of the molecule is CC(C)(C)OC(=O)[C@@]12CC[C@@H](OC1=O)OC21CCCC1. The molecule has 1 saturated carbocycles. The summed E-state index contributed by atoms with van der Waals surface area (Å²) in [5, 5.41) is 0. The molecule has 4 aliphatic rings. The van der Waals surface area contributed by atoms with E-state index in [-0.39, 0.29) is 0 Å². The van der Waals surface area contributed by atoms with Crippen molar-refractivity contribution in [3.63, 3.8) is 0 Å². The van der Waals surface area contributed by atoms with Crippen LogP contribution in [0.15, 0.2) is 0 Å². The molecule has 112 valence electrons. The number of rotatable bonds is 1. The number of ether oxygens (including phenoxy) is 3. The summed E-state index contributed by atoms with van der Waals surface area (Å²) in [6, 6.07) is 0. The van der Waals surface area contributed by atoms with Crippen molar-refractivity contribution in [1.82, 2.24) is 0 Å². The molecule has 0 amide bonds. The van der Waals surface area contributed by atoms with Gasteiger partial charge >= 0.3 is 11.9 Å². The average Bonchev–Trinajstić information content (AvgIpc) is 2.75. The van der Waals surface area contributed by atoms with Crippen LogP contribution in [0.1, 0.15) is 59.3 Å². The van der Waals surface area contributed by atoms with E-state index in [1.54, 1.807) is 0 Å². The highest BCUT2D eigenvalue weighted by atomic mass is 16.7. The molecule has 2 bridgehead atoms. The fraction of sp³-hybridized carbons (Fsp3) is 0.867. The van der Waals surface area contributed by atoms with Gasteiger partial charge in [0.2, 0.25) is 6.29 Å². The average molecular weight is 282 g/mol. The van der Waals surface area contributed by atoms with Gasteiger partial charge in [-0.05, 0) is 40.0 Å². The molecule has 20 heavy (non-hydrogen) atoms. The van der Waals surface area contributed by atoms with Gasteiger partial charge < -0.3 is 14.2 Å². The highest BCUT2D eigenvalue weighted by molar-refractivity contribution is 6.02. The molecule has 3 saturated heterocycles. The van der Waals surface area contributed by atoms with Gasteiger partial charge in [-0.15, -0.1) is 0 Å². The highest BCUT2D eigenvalue weighted by Gasteiger charge is 2.71. The van der Waals surface area contributed by atoms with Gasteiger partial charge in [-0.2, -0.15) is 0 Å². The van der Waals surface area contributed by atoms with Crippen molar-refractivity contribution in [2.75, 3.05) is 0 Å².